The van der Waals surface area contributed by atoms with Crippen molar-refractivity contribution in [3.05, 3.63) is 18.0 Å². The highest BCUT2D eigenvalue weighted by Gasteiger charge is 2.26. The third kappa shape index (κ3) is 5.10. The minimum absolute atomic E-state index is 0.161. The minimum atomic E-state index is -2.97. The van der Waals surface area contributed by atoms with Crippen molar-refractivity contribution in [2.75, 3.05) is 20.0 Å². The molecule has 0 spiro atoms. The predicted octanol–water partition coefficient (Wildman–Crippen LogP) is 1.57. The van der Waals surface area contributed by atoms with E-state index >= 15 is 0 Å². The molecule has 17 heavy (non-hydrogen) atoms. The van der Waals surface area contributed by atoms with E-state index in [9.17, 15) is 8.78 Å². The molecule has 0 bridgehead atoms. The lowest BCUT2D eigenvalue weighted by Gasteiger charge is -2.11. The molecule has 7 heteroatoms. The molecule has 1 heterocycles. The Morgan fingerprint density at radius 3 is 2.29 bits per heavy atom. The number of aromatic nitrogens is 1. The van der Waals surface area contributed by atoms with Crippen LogP contribution in [0, 0.1) is 0 Å². The van der Waals surface area contributed by atoms with Crippen molar-refractivity contribution in [3.8, 4) is 5.75 Å². The van der Waals surface area contributed by atoms with Crippen LogP contribution in [0.1, 0.15) is 12.6 Å². The summed E-state index contributed by atoms with van der Waals surface area (Å²) in [5.41, 5.74) is 5.24. The molecule has 0 aliphatic heterocycles. The number of nitrogen functional groups attached to an aromatic ring is 1. The standard InChI is InChI=1S/C8H10F2N2O.C2H4O2/c1-8(9,10)7-3-5(11)6(13-2)4-12-7;1-4-2-3/h3-4H,1-2H3,(H2,11,12);2H,1H3. The number of nitrogens with zero attached hydrogens (tertiary/aromatic N) is 1. The van der Waals surface area contributed by atoms with Crippen LogP contribution in [0.2, 0.25) is 0 Å². The van der Waals surface area contributed by atoms with Gasteiger partial charge in [-0.1, -0.05) is 0 Å². The Balaban J connectivity index is 0.000000557. The Morgan fingerprint density at radius 1 is 1.47 bits per heavy atom. The van der Waals surface area contributed by atoms with Gasteiger partial charge in [-0.3, -0.25) is 9.78 Å². The fourth-order valence-electron chi connectivity index (χ4n) is 0.869. The van der Waals surface area contributed by atoms with Gasteiger partial charge in [0.25, 0.3) is 12.4 Å². The van der Waals surface area contributed by atoms with Gasteiger partial charge >= 0.3 is 0 Å². The molecule has 1 aromatic rings. The smallest absolute Gasteiger partial charge is 0.292 e. The van der Waals surface area contributed by atoms with Crippen LogP contribution in [-0.4, -0.2) is 25.7 Å². The average Bonchev–Trinajstić information content (AvgIpc) is 2.28. The van der Waals surface area contributed by atoms with Crippen molar-refractivity contribution in [2.45, 2.75) is 12.8 Å². The SMILES string of the molecule is COC=O.COc1cnc(C(C)(F)F)cc1N. The highest BCUT2D eigenvalue weighted by atomic mass is 19.3. The monoisotopic (exact) mass is 248 g/mol. The van der Waals surface area contributed by atoms with Gasteiger partial charge in [0.15, 0.2) is 5.75 Å². The summed E-state index contributed by atoms with van der Waals surface area (Å²) in [6, 6.07) is 1.11. The highest BCUT2D eigenvalue weighted by Crippen LogP contribution is 2.29. The van der Waals surface area contributed by atoms with Gasteiger partial charge in [-0.15, -0.1) is 0 Å². The predicted molar refractivity (Wildman–Crippen MR) is 57.8 cm³/mol. The van der Waals surface area contributed by atoms with Crippen molar-refractivity contribution < 1.29 is 23.0 Å². The summed E-state index contributed by atoms with van der Waals surface area (Å²) in [6.45, 7) is 1.14. The summed E-state index contributed by atoms with van der Waals surface area (Å²) >= 11 is 0. The van der Waals surface area contributed by atoms with E-state index in [1.165, 1.54) is 20.4 Å². The lowest BCUT2D eigenvalue weighted by atomic mass is 10.2. The van der Waals surface area contributed by atoms with Crippen molar-refractivity contribution >= 4 is 12.2 Å². The largest absolute Gasteiger partial charge is 0.493 e. The minimum Gasteiger partial charge on any atom is -0.493 e. The number of pyridine rings is 1. The van der Waals surface area contributed by atoms with E-state index in [1.807, 2.05) is 0 Å². The molecule has 0 saturated heterocycles. The zero-order chi connectivity index (χ0) is 13.5. The van der Waals surface area contributed by atoms with Gasteiger partial charge < -0.3 is 15.2 Å². The molecule has 0 aliphatic rings. The molecule has 0 aromatic carbocycles. The summed E-state index contributed by atoms with van der Waals surface area (Å²) in [7, 11) is 2.71. The number of anilines is 1. The van der Waals surface area contributed by atoms with Gasteiger partial charge in [-0.05, 0) is 6.07 Å². The van der Waals surface area contributed by atoms with Crippen LogP contribution in [0.3, 0.4) is 0 Å². The maximum atomic E-state index is 12.7. The third-order valence-electron chi connectivity index (χ3n) is 1.66. The van der Waals surface area contributed by atoms with Crippen LogP contribution >= 0.6 is 0 Å². The first-order chi connectivity index (χ1) is 7.86. The third-order valence-corrected chi connectivity index (χ3v) is 1.66. The molecule has 0 amide bonds. The molecule has 0 aliphatic carbocycles. The zero-order valence-electron chi connectivity index (χ0n) is 9.74. The maximum absolute atomic E-state index is 12.7. The number of ether oxygens (including phenoxy) is 2. The number of methoxy groups -OCH3 is 2. The van der Waals surface area contributed by atoms with E-state index in [0.717, 1.165) is 13.0 Å². The number of alkyl halides is 2. The number of nitrogens with two attached hydrogens (primary N) is 1. The van der Waals surface area contributed by atoms with Crippen LogP contribution in [0.15, 0.2) is 12.3 Å². The van der Waals surface area contributed by atoms with Gasteiger partial charge in [0.1, 0.15) is 5.69 Å². The maximum Gasteiger partial charge on any atom is 0.292 e. The topological polar surface area (TPSA) is 74.4 Å². The van der Waals surface area contributed by atoms with E-state index in [1.54, 1.807) is 0 Å². The Morgan fingerprint density at radius 2 is 2.00 bits per heavy atom. The Bertz CT molecular complexity index is 367. The molecule has 0 radical (unpaired) electrons. The van der Waals surface area contributed by atoms with Crippen LogP contribution < -0.4 is 10.5 Å². The van der Waals surface area contributed by atoms with Crippen LogP contribution in [0.25, 0.3) is 0 Å². The Kier molecular flexibility index (Phi) is 5.87. The summed E-state index contributed by atoms with van der Waals surface area (Å²) < 4.78 is 34.1. The van der Waals surface area contributed by atoms with E-state index < -0.39 is 5.92 Å². The first-order valence-corrected chi connectivity index (χ1v) is 4.51. The highest BCUT2D eigenvalue weighted by molar-refractivity contribution is 5.52. The quantitative estimate of drug-likeness (QED) is 0.822. The zero-order valence-corrected chi connectivity index (χ0v) is 9.74. The van der Waals surface area contributed by atoms with Crippen molar-refractivity contribution in [1.82, 2.24) is 4.98 Å². The first-order valence-electron chi connectivity index (χ1n) is 4.51. The van der Waals surface area contributed by atoms with E-state index in [4.69, 9.17) is 15.3 Å². The second-order valence-corrected chi connectivity index (χ2v) is 3.03. The first kappa shape index (κ1) is 15.1. The molecule has 1 rings (SSSR count). The molecular weight excluding hydrogens is 234 g/mol. The normalized spacial score (nSPS) is 9.94. The molecule has 0 fully saturated rings. The molecule has 0 saturated carbocycles. The number of hydrogen-bond donors (Lipinski definition) is 1. The lowest BCUT2D eigenvalue weighted by molar-refractivity contribution is -0.126. The molecule has 2 N–H and O–H groups in total. The van der Waals surface area contributed by atoms with Crippen molar-refractivity contribution in [1.29, 1.82) is 0 Å². The molecule has 1 aromatic heterocycles. The second kappa shape index (κ2) is 6.62. The Hall–Kier alpha value is -1.92. The molecule has 0 unspecified atom stereocenters. The fraction of sp³-hybridized carbons (Fsp3) is 0.400. The number of halogens is 2. The fourth-order valence-corrected chi connectivity index (χ4v) is 0.869. The second-order valence-electron chi connectivity index (χ2n) is 3.03. The van der Waals surface area contributed by atoms with Crippen molar-refractivity contribution in [3.63, 3.8) is 0 Å². The van der Waals surface area contributed by atoms with Crippen LogP contribution in [-0.2, 0) is 15.5 Å². The molecule has 5 nitrogen and oxygen atoms in total. The Labute approximate surface area is 97.5 Å². The van der Waals surface area contributed by atoms with Crippen LogP contribution in [0.5, 0.6) is 5.75 Å². The number of rotatable bonds is 3. The summed E-state index contributed by atoms with van der Waals surface area (Å²) in [4.78, 5) is 12.5. The van der Waals surface area contributed by atoms with E-state index in [0.29, 0.717) is 12.2 Å². The van der Waals surface area contributed by atoms with Gasteiger partial charge in [0.05, 0.1) is 26.1 Å². The van der Waals surface area contributed by atoms with Gasteiger partial charge in [0, 0.05) is 6.92 Å². The average molecular weight is 248 g/mol. The molecule has 0 atom stereocenters. The summed E-state index contributed by atoms with van der Waals surface area (Å²) in [5.74, 6) is -2.67. The summed E-state index contributed by atoms with van der Waals surface area (Å²) in [5, 5.41) is 0. The van der Waals surface area contributed by atoms with Gasteiger partial charge in [0.2, 0.25) is 0 Å². The van der Waals surface area contributed by atoms with Gasteiger partial charge in [-0.2, -0.15) is 8.78 Å². The van der Waals surface area contributed by atoms with E-state index in [2.05, 4.69) is 9.72 Å². The number of carbonyl (C=O) groups is 1. The summed E-state index contributed by atoms with van der Waals surface area (Å²) in [6.07, 6.45) is 1.18. The number of carbonyl (C=O) groups excluding carboxylic acids is 1. The van der Waals surface area contributed by atoms with E-state index in [-0.39, 0.29) is 11.4 Å². The molecule has 96 valence electrons. The lowest BCUT2D eigenvalue weighted by Crippen LogP contribution is -2.10. The van der Waals surface area contributed by atoms with Gasteiger partial charge in [-0.25, -0.2) is 0 Å². The van der Waals surface area contributed by atoms with Crippen LogP contribution in [0.4, 0.5) is 14.5 Å². The molecular formula is C10H14F2N2O3. The number of hydrogen-bond acceptors (Lipinski definition) is 5. The van der Waals surface area contributed by atoms with Crippen molar-refractivity contribution in [2.24, 2.45) is 0 Å².